The fourth-order valence-corrected chi connectivity index (χ4v) is 2.02. The van der Waals surface area contributed by atoms with E-state index >= 15 is 0 Å². The molecule has 0 saturated carbocycles. The molecule has 1 aromatic rings. The van der Waals surface area contributed by atoms with E-state index in [-0.39, 0.29) is 12.5 Å². The molecule has 0 saturated heterocycles. The number of aromatic nitrogens is 1. The van der Waals surface area contributed by atoms with Gasteiger partial charge in [-0.2, -0.15) is 0 Å². The van der Waals surface area contributed by atoms with Crippen LogP contribution in [0.1, 0.15) is 18.2 Å². The smallest absolute Gasteiger partial charge is 0.122 e. The van der Waals surface area contributed by atoms with E-state index in [1.165, 1.54) is 0 Å². The van der Waals surface area contributed by atoms with Crippen molar-refractivity contribution in [1.82, 2.24) is 4.98 Å². The first kappa shape index (κ1) is 8.66. The monoisotopic (exact) mass is 178 g/mol. The van der Waals surface area contributed by atoms with Crippen LogP contribution in [0.5, 0.6) is 0 Å². The summed E-state index contributed by atoms with van der Waals surface area (Å²) in [5.74, 6) is 0.169. The molecule has 1 heterocycles. The minimum Gasteiger partial charge on any atom is -0.382 e. The molecule has 0 radical (unpaired) electrons. The maximum absolute atomic E-state index is 10.2. The standard InChI is InChI=1S/C10H14N2O/c1-7-5-8-3-2-4-12-9(8)10(7,13)6-11/h2-4,7,13H,5-6,11H2,1H3. The molecule has 0 amide bonds. The van der Waals surface area contributed by atoms with Gasteiger partial charge in [-0.05, 0) is 24.0 Å². The van der Waals surface area contributed by atoms with Crippen molar-refractivity contribution in [2.24, 2.45) is 11.7 Å². The summed E-state index contributed by atoms with van der Waals surface area (Å²) in [6.07, 6.45) is 2.58. The average Bonchev–Trinajstić information content (AvgIpc) is 2.41. The van der Waals surface area contributed by atoms with E-state index < -0.39 is 5.60 Å². The van der Waals surface area contributed by atoms with Gasteiger partial charge in [0.25, 0.3) is 0 Å². The molecule has 13 heavy (non-hydrogen) atoms. The van der Waals surface area contributed by atoms with Crippen LogP contribution in [0.4, 0.5) is 0 Å². The van der Waals surface area contributed by atoms with Gasteiger partial charge in [0.15, 0.2) is 0 Å². The minimum atomic E-state index is -0.906. The van der Waals surface area contributed by atoms with Gasteiger partial charge in [0, 0.05) is 12.7 Å². The Bertz CT molecular complexity index is 326. The highest BCUT2D eigenvalue weighted by molar-refractivity contribution is 5.32. The highest BCUT2D eigenvalue weighted by Gasteiger charge is 2.42. The number of hydrogen-bond donors (Lipinski definition) is 2. The number of aliphatic hydroxyl groups is 1. The summed E-state index contributed by atoms with van der Waals surface area (Å²) in [5.41, 5.74) is 6.57. The number of nitrogens with two attached hydrogens (primary N) is 1. The van der Waals surface area contributed by atoms with Gasteiger partial charge in [-0.1, -0.05) is 13.0 Å². The summed E-state index contributed by atoms with van der Waals surface area (Å²) >= 11 is 0. The zero-order valence-corrected chi connectivity index (χ0v) is 7.70. The molecule has 2 unspecified atom stereocenters. The van der Waals surface area contributed by atoms with Crippen LogP contribution in [0.2, 0.25) is 0 Å². The summed E-state index contributed by atoms with van der Waals surface area (Å²) in [7, 11) is 0. The molecule has 0 bridgehead atoms. The maximum Gasteiger partial charge on any atom is 0.122 e. The summed E-state index contributed by atoms with van der Waals surface area (Å²) in [4.78, 5) is 4.20. The Kier molecular flexibility index (Phi) is 1.86. The second-order valence-electron chi connectivity index (χ2n) is 3.74. The molecule has 0 aliphatic heterocycles. The van der Waals surface area contributed by atoms with Gasteiger partial charge in [0.2, 0.25) is 0 Å². The number of pyridine rings is 1. The zero-order valence-electron chi connectivity index (χ0n) is 7.70. The third-order valence-corrected chi connectivity index (χ3v) is 2.95. The Morgan fingerprint density at radius 3 is 3.23 bits per heavy atom. The number of rotatable bonds is 1. The summed E-state index contributed by atoms with van der Waals surface area (Å²) in [6, 6.07) is 3.90. The predicted octanol–water partition coefficient (Wildman–Crippen LogP) is 0.420. The van der Waals surface area contributed by atoms with E-state index in [1.807, 2.05) is 19.1 Å². The van der Waals surface area contributed by atoms with E-state index in [0.717, 1.165) is 17.7 Å². The molecule has 0 fully saturated rings. The van der Waals surface area contributed by atoms with E-state index in [0.29, 0.717) is 0 Å². The highest BCUT2D eigenvalue weighted by atomic mass is 16.3. The first-order valence-electron chi connectivity index (χ1n) is 4.55. The molecule has 3 N–H and O–H groups in total. The lowest BCUT2D eigenvalue weighted by molar-refractivity contribution is 0.00141. The van der Waals surface area contributed by atoms with Crippen LogP contribution >= 0.6 is 0 Å². The van der Waals surface area contributed by atoms with Crippen molar-refractivity contribution in [3.63, 3.8) is 0 Å². The van der Waals surface area contributed by atoms with Crippen LogP contribution in [0.15, 0.2) is 18.3 Å². The number of nitrogens with zero attached hydrogens (tertiary/aromatic N) is 1. The molecule has 1 aromatic heterocycles. The predicted molar refractivity (Wildman–Crippen MR) is 50.1 cm³/mol. The average molecular weight is 178 g/mol. The lowest BCUT2D eigenvalue weighted by Gasteiger charge is -2.25. The molecule has 0 aromatic carbocycles. The molecule has 70 valence electrons. The molecule has 2 rings (SSSR count). The van der Waals surface area contributed by atoms with Crippen molar-refractivity contribution < 1.29 is 5.11 Å². The third-order valence-electron chi connectivity index (χ3n) is 2.95. The van der Waals surface area contributed by atoms with Crippen LogP contribution in [0, 0.1) is 5.92 Å². The van der Waals surface area contributed by atoms with Gasteiger partial charge in [0.1, 0.15) is 5.60 Å². The zero-order chi connectivity index (χ0) is 9.47. The molecule has 3 nitrogen and oxygen atoms in total. The SMILES string of the molecule is CC1Cc2cccnc2C1(O)CN. The van der Waals surface area contributed by atoms with E-state index in [1.54, 1.807) is 6.20 Å². The van der Waals surface area contributed by atoms with Crippen LogP contribution in [0.3, 0.4) is 0 Å². The fourth-order valence-electron chi connectivity index (χ4n) is 2.02. The van der Waals surface area contributed by atoms with Crippen molar-refractivity contribution in [3.8, 4) is 0 Å². The molecule has 1 aliphatic carbocycles. The summed E-state index contributed by atoms with van der Waals surface area (Å²) in [6.45, 7) is 2.26. The molecule has 2 atom stereocenters. The van der Waals surface area contributed by atoms with E-state index in [9.17, 15) is 5.11 Å². The Morgan fingerprint density at radius 2 is 2.54 bits per heavy atom. The summed E-state index contributed by atoms with van der Waals surface area (Å²) in [5, 5.41) is 10.2. The van der Waals surface area contributed by atoms with E-state index in [2.05, 4.69) is 4.98 Å². The Labute approximate surface area is 77.6 Å². The quantitative estimate of drug-likeness (QED) is 0.655. The van der Waals surface area contributed by atoms with Gasteiger partial charge in [-0.15, -0.1) is 0 Å². The fraction of sp³-hybridized carbons (Fsp3) is 0.500. The Balaban J connectivity index is 2.52. The number of hydrogen-bond acceptors (Lipinski definition) is 3. The normalized spacial score (nSPS) is 31.8. The molecular weight excluding hydrogens is 164 g/mol. The second kappa shape index (κ2) is 2.79. The Hall–Kier alpha value is -0.930. The molecular formula is C10H14N2O. The lowest BCUT2D eigenvalue weighted by Crippen LogP contribution is -2.38. The first-order valence-corrected chi connectivity index (χ1v) is 4.55. The van der Waals surface area contributed by atoms with Crippen molar-refractivity contribution in [3.05, 3.63) is 29.6 Å². The van der Waals surface area contributed by atoms with Gasteiger partial charge in [0.05, 0.1) is 5.69 Å². The van der Waals surface area contributed by atoms with Gasteiger partial charge in [-0.3, -0.25) is 4.98 Å². The second-order valence-corrected chi connectivity index (χ2v) is 3.74. The van der Waals surface area contributed by atoms with E-state index in [4.69, 9.17) is 5.73 Å². The van der Waals surface area contributed by atoms with Crippen molar-refractivity contribution in [2.45, 2.75) is 18.9 Å². The Morgan fingerprint density at radius 1 is 1.77 bits per heavy atom. The highest BCUT2D eigenvalue weighted by Crippen LogP contribution is 2.38. The van der Waals surface area contributed by atoms with Gasteiger partial charge < -0.3 is 10.8 Å². The molecule has 0 spiro atoms. The van der Waals surface area contributed by atoms with Crippen molar-refractivity contribution >= 4 is 0 Å². The van der Waals surface area contributed by atoms with Crippen molar-refractivity contribution in [1.29, 1.82) is 0 Å². The molecule has 1 aliphatic rings. The van der Waals surface area contributed by atoms with Crippen LogP contribution < -0.4 is 5.73 Å². The van der Waals surface area contributed by atoms with Crippen LogP contribution in [-0.4, -0.2) is 16.6 Å². The van der Waals surface area contributed by atoms with Crippen LogP contribution in [-0.2, 0) is 12.0 Å². The minimum absolute atomic E-state index is 0.169. The van der Waals surface area contributed by atoms with Gasteiger partial charge in [-0.25, -0.2) is 0 Å². The largest absolute Gasteiger partial charge is 0.382 e. The lowest BCUT2D eigenvalue weighted by atomic mass is 9.91. The topological polar surface area (TPSA) is 59.1 Å². The van der Waals surface area contributed by atoms with Crippen molar-refractivity contribution in [2.75, 3.05) is 6.54 Å². The van der Waals surface area contributed by atoms with Crippen LogP contribution in [0.25, 0.3) is 0 Å². The maximum atomic E-state index is 10.2. The third kappa shape index (κ3) is 1.08. The summed E-state index contributed by atoms with van der Waals surface area (Å²) < 4.78 is 0. The number of fused-ring (bicyclic) bond motifs is 1. The first-order chi connectivity index (χ1) is 6.18. The van der Waals surface area contributed by atoms with Gasteiger partial charge >= 0.3 is 0 Å². The molecule has 3 heteroatoms.